The maximum atomic E-state index is 12.6. The van der Waals surface area contributed by atoms with Gasteiger partial charge in [0.1, 0.15) is 0 Å². The quantitative estimate of drug-likeness (QED) is 0.813. The van der Waals surface area contributed by atoms with E-state index >= 15 is 0 Å². The normalized spacial score (nSPS) is 24.2. The smallest absolute Gasteiger partial charge is 0.342 e. The first-order valence-electron chi connectivity index (χ1n) is 6.60. The Morgan fingerprint density at radius 2 is 1.62 bits per heavy atom. The molecule has 1 saturated carbocycles. The summed E-state index contributed by atoms with van der Waals surface area (Å²) in [5.74, 6) is -6.20. The molecule has 9 heteroatoms. The van der Waals surface area contributed by atoms with Crippen LogP contribution in [0.25, 0.3) is 0 Å². The molecular weight excluding hydrogens is 302 g/mol. The van der Waals surface area contributed by atoms with Gasteiger partial charge in [-0.1, -0.05) is 12.8 Å². The van der Waals surface area contributed by atoms with E-state index in [1.54, 1.807) is 0 Å². The lowest BCUT2D eigenvalue weighted by Gasteiger charge is -2.39. The SMILES string of the molecule is CN(C(=O)C(C(F)(F)F)C(F)(F)F)C1CCCCC1CN. The number of hydrogen-bond acceptors (Lipinski definition) is 2. The van der Waals surface area contributed by atoms with E-state index in [9.17, 15) is 31.1 Å². The first kappa shape index (κ1) is 18.1. The van der Waals surface area contributed by atoms with E-state index in [0.29, 0.717) is 24.2 Å². The van der Waals surface area contributed by atoms with Crippen LogP contribution in [0.15, 0.2) is 0 Å². The predicted octanol–water partition coefficient (Wildman–Crippen LogP) is 2.70. The van der Waals surface area contributed by atoms with Gasteiger partial charge in [-0.25, -0.2) is 0 Å². The van der Waals surface area contributed by atoms with Crippen LogP contribution in [0.5, 0.6) is 0 Å². The molecule has 3 nitrogen and oxygen atoms in total. The molecule has 1 aliphatic rings. The van der Waals surface area contributed by atoms with Crippen molar-refractivity contribution in [2.45, 2.75) is 44.1 Å². The van der Waals surface area contributed by atoms with Gasteiger partial charge in [0.05, 0.1) is 0 Å². The van der Waals surface area contributed by atoms with Crippen LogP contribution >= 0.6 is 0 Å². The van der Waals surface area contributed by atoms with Crippen LogP contribution in [0, 0.1) is 11.8 Å². The van der Waals surface area contributed by atoms with Crippen molar-refractivity contribution in [1.29, 1.82) is 0 Å². The van der Waals surface area contributed by atoms with Crippen molar-refractivity contribution in [2.24, 2.45) is 17.6 Å². The number of nitrogens with two attached hydrogens (primary N) is 1. The maximum absolute atomic E-state index is 12.6. The number of carbonyl (C=O) groups is 1. The van der Waals surface area contributed by atoms with Crippen LogP contribution in [-0.2, 0) is 4.79 Å². The summed E-state index contributed by atoms with van der Waals surface area (Å²) in [7, 11) is 0.992. The molecule has 0 bridgehead atoms. The molecule has 124 valence electrons. The van der Waals surface area contributed by atoms with E-state index in [1.807, 2.05) is 0 Å². The lowest BCUT2D eigenvalue weighted by molar-refractivity contribution is -0.278. The van der Waals surface area contributed by atoms with E-state index < -0.39 is 30.2 Å². The van der Waals surface area contributed by atoms with Crippen molar-refractivity contribution >= 4 is 5.91 Å². The van der Waals surface area contributed by atoms with Crippen molar-refractivity contribution in [3.05, 3.63) is 0 Å². The topological polar surface area (TPSA) is 46.3 Å². The van der Waals surface area contributed by atoms with Gasteiger partial charge in [0.2, 0.25) is 11.8 Å². The van der Waals surface area contributed by atoms with Gasteiger partial charge in [-0.15, -0.1) is 0 Å². The number of halogens is 6. The van der Waals surface area contributed by atoms with Crippen LogP contribution in [0.2, 0.25) is 0 Å². The molecule has 1 aliphatic carbocycles. The van der Waals surface area contributed by atoms with Gasteiger partial charge in [-0.2, -0.15) is 26.3 Å². The third kappa shape index (κ3) is 4.24. The van der Waals surface area contributed by atoms with Crippen molar-refractivity contribution < 1.29 is 31.1 Å². The van der Waals surface area contributed by atoms with Gasteiger partial charge in [0, 0.05) is 13.1 Å². The fourth-order valence-corrected chi connectivity index (χ4v) is 2.81. The molecule has 0 aliphatic heterocycles. The summed E-state index contributed by atoms with van der Waals surface area (Å²) in [6.45, 7) is 0.130. The average molecular weight is 320 g/mol. The largest absolute Gasteiger partial charge is 0.409 e. The molecule has 1 fully saturated rings. The van der Waals surface area contributed by atoms with Gasteiger partial charge in [0.15, 0.2) is 0 Å². The molecule has 0 aromatic carbocycles. The highest BCUT2D eigenvalue weighted by atomic mass is 19.4. The van der Waals surface area contributed by atoms with Gasteiger partial charge in [0.25, 0.3) is 0 Å². The highest BCUT2D eigenvalue weighted by molar-refractivity contribution is 5.80. The van der Waals surface area contributed by atoms with Crippen molar-refractivity contribution in [3.63, 3.8) is 0 Å². The summed E-state index contributed by atoms with van der Waals surface area (Å²) in [6.07, 6.45) is -8.88. The van der Waals surface area contributed by atoms with Gasteiger partial charge in [-0.05, 0) is 25.3 Å². The average Bonchev–Trinajstić information content (AvgIpc) is 2.34. The molecule has 21 heavy (non-hydrogen) atoms. The van der Waals surface area contributed by atoms with Crippen LogP contribution < -0.4 is 5.73 Å². The molecule has 0 aromatic rings. The predicted molar refractivity (Wildman–Crippen MR) is 63.2 cm³/mol. The zero-order valence-corrected chi connectivity index (χ0v) is 11.5. The number of amides is 1. The van der Waals surface area contributed by atoms with Gasteiger partial charge >= 0.3 is 12.4 Å². The van der Waals surface area contributed by atoms with E-state index in [0.717, 1.165) is 13.5 Å². The van der Waals surface area contributed by atoms with E-state index in [1.165, 1.54) is 0 Å². The zero-order valence-electron chi connectivity index (χ0n) is 11.5. The van der Waals surface area contributed by atoms with E-state index in [4.69, 9.17) is 5.73 Å². The second kappa shape index (κ2) is 6.41. The number of nitrogens with zero attached hydrogens (tertiary/aromatic N) is 1. The number of rotatable bonds is 3. The summed E-state index contributed by atoms with van der Waals surface area (Å²) in [5, 5.41) is 0. The van der Waals surface area contributed by atoms with Crippen LogP contribution in [0.3, 0.4) is 0 Å². The third-order valence-electron chi connectivity index (χ3n) is 3.92. The summed E-state index contributed by atoms with van der Waals surface area (Å²) >= 11 is 0. The molecule has 0 heterocycles. The number of hydrogen-bond donors (Lipinski definition) is 1. The number of carbonyl (C=O) groups excluding carboxylic acids is 1. The van der Waals surface area contributed by atoms with Gasteiger partial charge in [-0.3, -0.25) is 4.79 Å². The standard InChI is InChI=1S/C12H18F6N2O/c1-20(8-5-3-2-4-7(8)6-19)10(21)9(11(13,14)15)12(16,17)18/h7-9H,2-6,19H2,1H3. The van der Waals surface area contributed by atoms with Crippen molar-refractivity contribution in [2.75, 3.05) is 13.6 Å². The minimum absolute atomic E-state index is 0.130. The van der Waals surface area contributed by atoms with Crippen molar-refractivity contribution in [1.82, 2.24) is 4.90 Å². The van der Waals surface area contributed by atoms with Crippen LogP contribution in [0.1, 0.15) is 25.7 Å². The van der Waals surface area contributed by atoms with E-state index in [2.05, 4.69) is 0 Å². The molecular formula is C12H18F6N2O. The van der Waals surface area contributed by atoms with Crippen LogP contribution in [0.4, 0.5) is 26.3 Å². The van der Waals surface area contributed by atoms with Crippen LogP contribution in [-0.4, -0.2) is 42.8 Å². The summed E-state index contributed by atoms with van der Waals surface area (Å²) in [5.41, 5.74) is 5.50. The lowest BCUT2D eigenvalue weighted by Crippen LogP contribution is -2.54. The Kier molecular flexibility index (Phi) is 5.51. The Morgan fingerprint density at radius 3 is 2.05 bits per heavy atom. The molecule has 0 aromatic heterocycles. The Morgan fingerprint density at radius 1 is 1.14 bits per heavy atom. The monoisotopic (exact) mass is 320 g/mol. The summed E-state index contributed by atoms with van der Waals surface area (Å²) in [4.78, 5) is 12.3. The fourth-order valence-electron chi connectivity index (χ4n) is 2.81. The highest BCUT2D eigenvalue weighted by Crippen LogP contribution is 2.41. The Labute approximate surface area is 118 Å². The first-order valence-corrected chi connectivity index (χ1v) is 6.60. The van der Waals surface area contributed by atoms with E-state index in [-0.39, 0.29) is 12.5 Å². The fraction of sp³-hybridized carbons (Fsp3) is 0.917. The molecule has 2 N–H and O–H groups in total. The Balaban J connectivity index is 2.98. The molecule has 0 radical (unpaired) electrons. The van der Waals surface area contributed by atoms with Gasteiger partial charge < -0.3 is 10.6 Å². The molecule has 0 spiro atoms. The second-order valence-electron chi connectivity index (χ2n) is 5.31. The third-order valence-corrected chi connectivity index (χ3v) is 3.92. The summed E-state index contributed by atoms with van der Waals surface area (Å²) in [6, 6.07) is -0.677. The second-order valence-corrected chi connectivity index (χ2v) is 5.31. The highest BCUT2D eigenvalue weighted by Gasteiger charge is 2.62. The lowest BCUT2D eigenvalue weighted by atomic mass is 9.83. The molecule has 0 saturated heterocycles. The van der Waals surface area contributed by atoms with Crippen molar-refractivity contribution in [3.8, 4) is 0 Å². The minimum Gasteiger partial charge on any atom is -0.342 e. The number of alkyl halides is 6. The Bertz CT molecular complexity index is 354. The molecule has 1 amide bonds. The molecule has 2 unspecified atom stereocenters. The summed E-state index contributed by atoms with van der Waals surface area (Å²) < 4.78 is 75.5. The minimum atomic E-state index is -5.66. The maximum Gasteiger partial charge on any atom is 0.409 e. The molecule has 2 atom stereocenters. The molecule has 1 rings (SSSR count). The first-order chi connectivity index (χ1) is 9.50. The zero-order chi connectivity index (χ0) is 16.4. The Hall–Kier alpha value is -0.990.